The molecule has 1 N–H and O–H groups in total. The fraction of sp³-hybridized carbons (Fsp3) is 0.455. The summed E-state index contributed by atoms with van der Waals surface area (Å²) in [5, 5.41) is 2.14. The van der Waals surface area contributed by atoms with Gasteiger partial charge in [0, 0.05) is 12.6 Å². The summed E-state index contributed by atoms with van der Waals surface area (Å²) in [5.74, 6) is -2.09. The highest BCUT2D eigenvalue weighted by Crippen LogP contribution is 2.25. The SMILES string of the molecule is Fc1ccc(OCC2CNC(C(F)(F)F)O2)cc1F. The van der Waals surface area contributed by atoms with Crippen LogP contribution in [0.3, 0.4) is 0 Å². The Bertz CT molecular complexity index is 451. The molecule has 2 atom stereocenters. The Kier molecular flexibility index (Phi) is 3.91. The zero-order chi connectivity index (χ0) is 14.0. The molecule has 0 amide bonds. The smallest absolute Gasteiger partial charge is 0.428 e. The van der Waals surface area contributed by atoms with Crippen molar-refractivity contribution in [2.24, 2.45) is 0 Å². The second-order valence-electron chi connectivity index (χ2n) is 3.97. The Labute approximate surface area is 105 Å². The maximum Gasteiger partial charge on any atom is 0.428 e. The second kappa shape index (κ2) is 5.30. The lowest BCUT2D eigenvalue weighted by molar-refractivity contribution is -0.221. The van der Waals surface area contributed by atoms with Crippen molar-refractivity contribution in [1.29, 1.82) is 0 Å². The summed E-state index contributed by atoms with van der Waals surface area (Å²) in [4.78, 5) is 0. The lowest BCUT2D eigenvalue weighted by Crippen LogP contribution is -2.38. The number of hydrogen-bond acceptors (Lipinski definition) is 3. The van der Waals surface area contributed by atoms with Gasteiger partial charge in [-0.1, -0.05) is 0 Å². The predicted octanol–water partition coefficient (Wildman–Crippen LogP) is 2.22. The van der Waals surface area contributed by atoms with Gasteiger partial charge < -0.3 is 9.47 Å². The standard InChI is InChI=1S/C11H10F5NO2/c12-8-2-1-6(3-9(8)13)18-5-7-4-17-10(19-7)11(14,15)16/h1-3,7,10,17H,4-5H2. The van der Waals surface area contributed by atoms with Gasteiger partial charge >= 0.3 is 6.18 Å². The Balaban J connectivity index is 1.85. The first-order chi connectivity index (χ1) is 8.86. The van der Waals surface area contributed by atoms with Crippen LogP contribution in [0.25, 0.3) is 0 Å². The summed E-state index contributed by atoms with van der Waals surface area (Å²) in [7, 11) is 0. The minimum Gasteiger partial charge on any atom is -0.491 e. The molecule has 0 spiro atoms. The fourth-order valence-corrected chi connectivity index (χ4v) is 1.57. The third-order valence-electron chi connectivity index (χ3n) is 2.48. The molecule has 106 valence electrons. The first-order valence-electron chi connectivity index (χ1n) is 5.39. The van der Waals surface area contributed by atoms with Crippen LogP contribution in [0.1, 0.15) is 0 Å². The molecule has 1 heterocycles. The summed E-state index contributed by atoms with van der Waals surface area (Å²) >= 11 is 0. The molecule has 1 aliphatic heterocycles. The fourth-order valence-electron chi connectivity index (χ4n) is 1.57. The van der Waals surface area contributed by atoms with Gasteiger partial charge in [0.15, 0.2) is 11.6 Å². The molecule has 0 radical (unpaired) electrons. The molecule has 1 fully saturated rings. The van der Waals surface area contributed by atoms with Crippen molar-refractivity contribution in [3.63, 3.8) is 0 Å². The monoisotopic (exact) mass is 283 g/mol. The topological polar surface area (TPSA) is 30.5 Å². The van der Waals surface area contributed by atoms with Gasteiger partial charge in [-0.25, -0.2) is 8.78 Å². The van der Waals surface area contributed by atoms with Crippen molar-refractivity contribution in [2.75, 3.05) is 13.2 Å². The molecule has 1 aromatic rings. The van der Waals surface area contributed by atoms with Crippen LogP contribution >= 0.6 is 0 Å². The Morgan fingerprint density at radius 1 is 1.26 bits per heavy atom. The third-order valence-corrected chi connectivity index (χ3v) is 2.48. The van der Waals surface area contributed by atoms with Crippen molar-refractivity contribution in [3.05, 3.63) is 29.8 Å². The summed E-state index contributed by atoms with van der Waals surface area (Å²) in [6.45, 7) is -0.224. The minimum atomic E-state index is -4.49. The molecule has 2 unspecified atom stereocenters. The van der Waals surface area contributed by atoms with Gasteiger partial charge in [0.25, 0.3) is 0 Å². The van der Waals surface area contributed by atoms with Crippen LogP contribution in [-0.2, 0) is 4.74 Å². The molecule has 0 aromatic heterocycles. The number of halogens is 5. The molecule has 1 aliphatic rings. The average Bonchev–Trinajstić information content (AvgIpc) is 2.79. The predicted molar refractivity (Wildman–Crippen MR) is 54.6 cm³/mol. The van der Waals surface area contributed by atoms with Crippen molar-refractivity contribution in [3.8, 4) is 5.75 Å². The normalized spacial score (nSPS) is 23.6. The average molecular weight is 283 g/mol. The van der Waals surface area contributed by atoms with E-state index in [1.807, 2.05) is 0 Å². The van der Waals surface area contributed by atoms with Crippen LogP contribution in [0.15, 0.2) is 18.2 Å². The summed E-state index contributed by atoms with van der Waals surface area (Å²) in [6.07, 6.45) is -7.32. The number of nitrogens with one attached hydrogen (secondary N) is 1. The van der Waals surface area contributed by atoms with Crippen molar-refractivity contribution in [2.45, 2.75) is 18.5 Å². The molecule has 8 heteroatoms. The van der Waals surface area contributed by atoms with E-state index in [0.29, 0.717) is 0 Å². The van der Waals surface area contributed by atoms with Gasteiger partial charge in [0.05, 0.1) is 0 Å². The molecule has 0 bridgehead atoms. The van der Waals surface area contributed by atoms with Crippen molar-refractivity contribution < 1.29 is 31.4 Å². The number of rotatable bonds is 3. The quantitative estimate of drug-likeness (QED) is 0.863. The number of hydrogen-bond donors (Lipinski definition) is 1. The van der Waals surface area contributed by atoms with E-state index in [1.165, 1.54) is 6.07 Å². The lowest BCUT2D eigenvalue weighted by atomic mass is 10.3. The molecule has 19 heavy (non-hydrogen) atoms. The Morgan fingerprint density at radius 2 is 2.00 bits per heavy atom. The van der Waals surface area contributed by atoms with E-state index >= 15 is 0 Å². The highest BCUT2D eigenvalue weighted by atomic mass is 19.4. The Morgan fingerprint density at radius 3 is 2.58 bits per heavy atom. The lowest BCUT2D eigenvalue weighted by Gasteiger charge is -2.15. The second-order valence-corrected chi connectivity index (χ2v) is 3.97. The van der Waals surface area contributed by atoms with Gasteiger partial charge in [0.1, 0.15) is 18.5 Å². The van der Waals surface area contributed by atoms with Crippen molar-refractivity contribution >= 4 is 0 Å². The third kappa shape index (κ3) is 3.54. The molecular formula is C11H10F5NO2. The maximum absolute atomic E-state index is 12.9. The summed E-state index contributed by atoms with van der Waals surface area (Å²) < 4.78 is 72.0. The molecule has 2 rings (SSSR count). The molecule has 3 nitrogen and oxygen atoms in total. The maximum atomic E-state index is 12.9. The van der Waals surface area contributed by atoms with Gasteiger partial charge in [0.2, 0.25) is 6.23 Å². The molecular weight excluding hydrogens is 273 g/mol. The molecule has 1 aromatic carbocycles. The van der Waals surface area contributed by atoms with Gasteiger partial charge in [-0.2, -0.15) is 13.2 Å². The van der Waals surface area contributed by atoms with Crippen LogP contribution in [0, 0.1) is 11.6 Å². The summed E-state index contributed by atoms with van der Waals surface area (Å²) in [5.41, 5.74) is 0. The van der Waals surface area contributed by atoms with Crippen LogP contribution in [0.5, 0.6) is 5.75 Å². The summed E-state index contributed by atoms with van der Waals surface area (Å²) in [6, 6.07) is 2.87. The van der Waals surface area contributed by atoms with Gasteiger partial charge in [-0.3, -0.25) is 5.32 Å². The van der Waals surface area contributed by atoms with E-state index in [0.717, 1.165) is 12.1 Å². The molecule has 0 aliphatic carbocycles. The van der Waals surface area contributed by atoms with Crippen LogP contribution in [-0.4, -0.2) is 31.7 Å². The van der Waals surface area contributed by atoms with Crippen molar-refractivity contribution in [1.82, 2.24) is 5.32 Å². The zero-order valence-electron chi connectivity index (χ0n) is 9.51. The van der Waals surface area contributed by atoms with E-state index in [-0.39, 0.29) is 18.9 Å². The van der Waals surface area contributed by atoms with E-state index in [4.69, 9.17) is 4.74 Å². The first kappa shape index (κ1) is 14.0. The van der Waals surface area contributed by atoms with E-state index in [1.54, 1.807) is 0 Å². The van der Waals surface area contributed by atoms with Crippen LogP contribution in [0.4, 0.5) is 22.0 Å². The first-order valence-corrected chi connectivity index (χ1v) is 5.39. The van der Waals surface area contributed by atoms with Gasteiger partial charge in [-0.15, -0.1) is 0 Å². The van der Waals surface area contributed by atoms with E-state index < -0.39 is 30.1 Å². The number of ether oxygens (including phenoxy) is 2. The zero-order valence-corrected chi connectivity index (χ0v) is 9.51. The van der Waals surface area contributed by atoms with E-state index in [2.05, 4.69) is 10.1 Å². The Hall–Kier alpha value is -1.41. The van der Waals surface area contributed by atoms with E-state index in [9.17, 15) is 22.0 Å². The molecule has 0 saturated carbocycles. The largest absolute Gasteiger partial charge is 0.491 e. The van der Waals surface area contributed by atoms with Crippen LogP contribution in [0.2, 0.25) is 0 Å². The van der Waals surface area contributed by atoms with Crippen LogP contribution < -0.4 is 10.1 Å². The highest BCUT2D eigenvalue weighted by Gasteiger charge is 2.45. The highest BCUT2D eigenvalue weighted by molar-refractivity contribution is 5.23. The number of alkyl halides is 3. The number of benzene rings is 1. The van der Waals surface area contributed by atoms with Gasteiger partial charge in [-0.05, 0) is 12.1 Å². The minimum absolute atomic E-state index is 0.0259. The molecule has 1 saturated heterocycles.